The van der Waals surface area contributed by atoms with Gasteiger partial charge in [0.15, 0.2) is 0 Å². The molecule has 1 fully saturated rings. The summed E-state index contributed by atoms with van der Waals surface area (Å²) in [6, 6.07) is 13.1. The molecule has 19 heavy (non-hydrogen) atoms. The third-order valence-corrected chi connectivity index (χ3v) is 4.22. The molecule has 2 rings (SSSR count). The summed E-state index contributed by atoms with van der Waals surface area (Å²) >= 11 is 0. The van der Waals surface area contributed by atoms with Crippen molar-refractivity contribution in [1.82, 2.24) is 4.90 Å². The molecule has 1 aromatic rings. The lowest BCUT2D eigenvalue weighted by Crippen LogP contribution is -2.45. The van der Waals surface area contributed by atoms with E-state index in [4.69, 9.17) is 5.73 Å². The van der Waals surface area contributed by atoms with Gasteiger partial charge in [0.1, 0.15) is 0 Å². The van der Waals surface area contributed by atoms with Crippen molar-refractivity contribution < 1.29 is 0 Å². The number of piperidine rings is 1. The highest BCUT2D eigenvalue weighted by molar-refractivity contribution is 5.25. The maximum Gasteiger partial charge on any atom is 0.0839 e. The van der Waals surface area contributed by atoms with Gasteiger partial charge in [-0.2, -0.15) is 5.26 Å². The Morgan fingerprint density at radius 3 is 2.74 bits per heavy atom. The molecule has 0 radical (unpaired) electrons. The molecule has 3 heteroatoms. The van der Waals surface area contributed by atoms with Crippen LogP contribution in [-0.2, 0) is 0 Å². The maximum absolute atomic E-state index is 9.42. The van der Waals surface area contributed by atoms with Gasteiger partial charge in [-0.05, 0) is 37.8 Å². The smallest absolute Gasteiger partial charge is 0.0839 e. The van der Waals surface area contributed by atoms with Crippen LogP contribution in [0, 0.1) is 17.2 Å². The lowest BCUT2D eigenvalue weighted by atomic mass is 9.91. The van der Waals surface area contributed by atoms with Crippen molar-refractivity contribution in [3.63, 3.8) is 0 Å². The van der Waals surface area contributed by atoms with Crippen LogP contribution in [0.4, 0.5) is 0 Å². The summed E-state index contributed by atoms with van der Waals surface area (Å²) in [5, 5.41) is 9.42. The van der Waals surface area contributed by atoms with Crippen LogP contribution >= 0.6 is 0 Å². The van der Waals surface area contributed by atoms with E-state index in [1.807, 2.05) is 30.3 Å². The van der Waals surface area contributed by atoms with Gasteiger partial charge in [-0.25, -0.2) is 0 Å². The molecule has 102 valence electrons. The Kier molecular flexibility index (Phi) is 4.95. The molecule has 1 heterocycles. The van der Waals surface area contributed by atoms with E-state index in [2.05, 4.69) is 17.9 Å². The minimum atomic E-state index is -0.0415. The number of rotatable bonds is 4. The molecule has 0 aliphatic carbocycles. The summed E-state index contributed by atoms with van der Waals surface area (Å²) in [5.41, 5.74) is 6.91. The lowest BCUT2D eigenvalue weighted by molar-refractivity contribution is 0.118. The Morgan fingerprint density at radius 2 is 2.11 bits per heavy atom. The van der Waals surface area contributed by atoms with Gasteiger partial charge in [0.25, 0.3) is 0 Å². The molecule has 1 aliphatic heterocycles. The van der Waals surface area contributed by atoms with Crippen LogP contribution in [0.15, 0.2) is 30.3 Å². The van der Waals surface area contributed by atoms with Crippen molar-refractivity contribution >= 4 is 0 Å². The Labute approximate surface area is 116 Å². The number of nitriles is 1. The van der Waals surface area contributed by atoms with E-state index in [-0.39, 0.29) is 5.92 Å². The van der Waals surface area contributed by atoms with Gasteiger partial charge in [-0.3, -0.25) is 4.90 Å². The van der Waals surface area contributed by atoms with Crippen molar-refractivity contribution in [3.05, 3.63) is 35.9 Å². The first-order valence-electron chi connectivity index (χ1n) is 7.13. The molecule has 0 amide bonds. The zero-order valence-electron chi connectivity index (χ0n) is 11.6. The van der Waals surface area contributed by atoms with Crippen molar-refractivity contribution in [3.8, 4) is 6.07 Å². The monoisotopic (exact) mass is 257 g/mol. The fourth-order valence-corrected chi connectivity index (χ4v) is 2.85. The molecule has 1 aliphatic rings. The zero-order valence-corrected chi connectivity index (χ0v) is 11.6. The molecule has 1 aromatic carbocycles. The number of benzene rings is 1. The molecule has 2 N–H and O–H groups in total. The summed E-state index contributed by atoms with van der Waals surface area (Å²) < 4.78 is 0. The van der Waals surface area contributed by atoms with E-state index in [0.717, 1.165) is 25.2 Å². The Balaban J connectivity index is 2.03. The van der Waals surface area contributed by atoms with Crippen molar-refractivity contribution in [2.24, 2.45) is 11.7 Å². The predicted molar refractivity (Wildman–Crippen MR) is 77.6 cm³/mol. The largest absolute Gasteiger partial charge is 0.330 e. The number of nitrogens with two attached hydrogens (primary N) is 1. The van der Waals surface area contributed by atoms with E-state index < -0.39 is 0 Å². The standard InChI is InChI=1S/C16H23N3/c1-13-7-8-14(9-17)11-19(13)12-16(10-18)15-5-3-2-4-6-15/h2-6,13-14,16H,7-9,11-12,17H2,1H3. The second kappa shape index (κ2) is 6.70. The lowest BCUT2D eigenvalue weighted by Gasteiger charge is -2.38. The third-order valence-electron chi connectivity index (χ3n) is 4.22. The first-order valence-corrected chi connectivity index (χ1v) is 7.13. The number of nitrogens with zero attached hydrogens (tertiary/aromatic N) is 2. The summed E-state index contributed by atoms with van der Waals surface area (Å²) in [7, 11) is 0. The minimum Gasteiger partial charge on any atom is -0.330 e. The van der Waals surface area contributed by atoms with Crippen LogP contribution < -0.4 is 5.73 Å². The highest BCUT2D eigenvalue weighted by Gasteiger charge is 2.27. The van der Waals surface area contributed by atoms with E-state index in [1.54, 1.807) is 0 Å². The van der Waals surface area contributed by atoms with Gasteiger partial charge < -0.3 is 5.73 Å². The molecule has 3 atom stereocenters. The van der Waals surface area contributed by atoms with Crippen LogP contribution in [0.1, 0.15) is 31.2 Å². The predicted octanol–water partition coefficient (Wildman–Crippen LogP) is 2.35. The van der Waals surface area contributed by atoms with E-state index in [1.165, 1.54) is 12.8 Å². The van der Waals surface area contributed by atoms with Gasteiger partial charge >= 0.3 is 0 Å². The van der Waals surface area contributed by atoms with E-state index in [0.29, 0.717) is 12.0 Å². The first kappa shape index (κ1) is 14.0. The topological polar surface area (TPSA) is 53.0 Å². The Hall–Kier alpha value is -1.37. The quantitative estimate of drug-likeness (QED) is 0.901. The molecule has 0 aromatic heterocycles. The number of hydrogen-bond acceptors (Lipinski definition) is 3. The molecule has 0 saturated carbocycles. The molecular formula is C16H23N3. The second-order valence-electron chi connectivity index (χ2n) is 5.57. The fourth-order valence-electron chi connectivity index (χ4n) is 2.85. The molecular weight excluding hydrogens is 234 g/mol. The maximum atomic E-state index is 9.42. The second-order valence-corrected chi connectivity index (χ2v) is 5.57. The van der Waals surface area contributed by atoms with Gasteiger partial charge in [-0.1, -0.05) is 30.3 Å². The molecule has 3 nitrogen and oxygen atoms in total. The molecule has 3 unspecified atom stereocenters. The summed E-state index contributed by atoms with van der Waals surface area (Å²) in [4.78, 5) is 2.43. The fraction of sp³-hybridized carbons (Fsp3) is 0.562. The van der Waals surface area contributed by atoms with E-state index in [9.17, 15) is 5.26 Å². The van der Waals surface area contributed by atoms with E-state index >= 15 is 0 Å². The Bertz CT molecular complexity index is 423. The van der Waals surface area contributed by atoms with Gasteiger partial charge in [0.2, 0.25) is 0 Å². The minimum absolute atomic E-state index is 0.0415. The SMILES string of the molecule is CC1CCC(CN)CN1CC(C#N)c1ccccc1. The summed E-state index contributed by atoms with van der Waals surface area (Å²) in [6.45, 7) is 4.86. The van der Waals surface area contributed by atoms with Crippen molar-refractivity contribution in [2.75, 3.05) is 19.6 Å². The van der Waals surface area contributed by atoms with Gasteiger partial charge in [0.05, 0.1) is 12.0 Å². The third kappa shape index (κ3) is 3.56. The van der Waals surface area contributed by atoms with Crippen LogP contribution in [0.25, 0.3) is 0 Å². The average Bonchev–Trinajstić information content (AvgIpc) is 2.47. The summed E-state index contributed by atoms with van der Waals surface area (Å²) in [5.74, 6) is 0.548. The highest BCUT2D eigenvalue weighted by atomic mass is 15.2. The van der Waals surface area contributed by atoms with Crippen molar-refractivity contribution in [1.29, 1.82) is 5.26 Å². The van der Waals surface area contributed by atoms with Gasteiger partial charge in [-0.15, -0.1) is 0 Å². The average molecular weight is 257 g/mol. The van der Waals surface area contributed by atoms with Gasteiger partial charge in [0, 0.05) is 19.1 Å². The Morgan fingerprint density at radius 1 is 1.37 bits per heavy atom. The summed E-state index contributed by atoms with van der Waals surface area (Å²) in [6.07, 6.45) is 2.41. The first-order chi connectivity index (χ1) is 9.24. The van der Waals surface area contributed by atoms with Crippen LogP contribution in [0.3, 0.4) is 0 Å². The highest BCUT2D eigenvalue weighted by Crippen LogP contribution is 2.25. The normalized spacial score (nSPS) is 25.7. The number of likely N-dealkylation sites (tertiary alicyclic amines) is 1. The van der Waals surface area contributed by atoms with Crippen LogP contribution in [0.2, 0.25) is 0 Å². The molecule has 0 spiro atoms. The zero-order chi connectivity index (χ0) is 13.7. The van der Waals surface area contributed by atoms with Crippen LogP contribution in [-0.4, -0.2) is 30.6 Å². The number of hydrogen-bond donors (Lipinski definition) is 1. The van der Waals surface area contributed by atoms with Crippen molar-refractivity contribution in [2.45, 2.75) is 31.7 Å². The molecule has 1 saturated heterocycles. The molecule has 0 bridgehead atoms. The van der Waals surface area contributed by atoms with Crippen LogP contribution in [0.5, 0.6) is 0 Å².